The zero-order valence-corrected chi connectivity index (χ0v) is 8.68. The van der Waals surface area contributed by atoms with Crippen LogP contribution >= 0.6 is 0 Å². The van der Waals surface area contributed by atoms with Gasteiger partial charge in [0, 0.05) is 6.07 Å². The number of rotatable bonds is 0. The number of hydrogen-bond donors (Lipinski definition) is 1. The van der Waals surface area contributed by atoms with Gasteiger partial charge in [-0.05, 0) is 18.2 Å². The van der Waals surface area contributed by atoms with Gasteiger partial charge in [-0.3, -0.25) is 5.10 Å². The average molecular weight is 220 g/mol. The van der Waals surface area contributed by atoms with E-state index in [1.165, 1.54) is 0 Å². The Morgan fingerprint density at radius 1 is 0.941 bits per heavy atom. The zero-order chi connectivity index (χ0) is 11.2. The second-order valence-electron chi connectivity index (χ2n) is 3.79. The Hall–Kier alpha value is -2.56. The third-order valence-electron chi connectivity index (χ3n) is 2.69. The van der Waals surface area contributed by atoms with Gasteiger partial charge in [-0.25, -0.2) is 9.97 Å². The summed E-state index contributed by atoms with van der Waals surface area (Å²) in [5, 5.41) is 10.5. The van der Waals surface area contributed by atoms with Gasteiger partial charge in [-0.2, -0.15) is 0 Å². The van der Waals surface area contributed by atoms with Crippen LogP contribution in [0.1, 0.15) is 0 Å². The fraction of sp³-hybridized carbons (Fsp3) is 0. The van der Waals surface area contributed by atoms with Gasteiger partial charge in [-0.15, -0.1) is 5.10 Å². The molecule has 4 aromatic rings. The summed E-state index contributed by atoms with van der Waals surface area (Å²) in [5.74, 6) is 0. The number of nitrogens with zero attached hydrogens (tertiary/aromatic N) is 4. The van der Waals surface area contributed by atoms with E-state index in [0.717, 1.165) is 22.1 Å². The van der Waals surface area contributed by atoms with Crippen molar-refractivity contribution < 1.29 is 0 Å². The molecule has 1 N–H and O–H groups in total. The van der Waals surface area contributed by atoms with E-state index in [9.17, 15) is 0 Å². The van der Waals surface area contributed by atoms with Crippen molar-refractivity contribution in [3.63, 3.8) is 0 Å². The minimum absolute atomic E-state index is 0.682. The largest absolute Gasteiger partial charge is 0.257 e. The highest BCUT2D eigenvalue weighted by atomic mass is 15.3. The van der Waals surface area contributed by atoms with Crippen molar-refractivity contribution in [2.24, 2.45) is 0 Å². The number of fused-ring (bicyclic) bond motifs is 3. The molecule has 0 atom stereocenters. The highest BCUT2D eigenvalue weighted by Gasteiger charge is 2.05. The van der Waals surface area contributed by atoms with Crippen molar-refractivity contribution >= 4 is 33.1 Å². The van der Waals surface area contributed by atoms with Crippen molar-refractivity contribution in [2.45, 2.75) is 0 Å². The van der Waals surface area contributed by atoms with E-state index in [-0.39, 0.29) is 0 Å². The monoisotopic (exact) mass is 220 g/mol. The topological polar surface area (TPSA) is 67.3 Å². The zero-order valence-electron chi connectivity index (χ0n) is 8.68. The van der Waals surface area contributed by atoms with Crippen LogP contribution in [0.15, 0.2) is 30.3 Å². The predicted molar refractivity (Wildman–Crippen MR) is 63.3 cm³/mol. The van der Waals surface area contributed by atoms with Crippen molar-refractivity contribution in [3.8, 4) is 0 Å². The van der Waals surface area contributed by atoms with Crippen LogP contribution in [-0.4, -0.2) is 25.4 Å². The Balaban J connectivity index is 2.23. The fourth-order valence-corrected chi connectivity index (χ4v) is 1.88. The fourth-order valence-electron chi connectivity index (χ4n) is 1.88. The summed E-state index contributed by atoms with van der Waals surface area (Å²) in [7, 11) is 0. The number of para-hydroxylation sites is 2. The molecule has 0 fully saturated rings. The molecule has 0 bridgehead atoms. The number of nitrogens with one attached hydrogen (secondary N) is 1. The van der Waals surface area contributed by atoms with E-state index >= 15 is 0 Å². The van der Waals surface area contributed by atoms with Crippen LogP contribution in [0.3, 0.4) is 0 Å². The molecule has 5 heteroatoms. The Bertz CT molecular complexity index is 780. The Morgan fingerprint density at radius 3 is 2.65 bits per heavy atom. The predicted octanol–water partition coefficient (Wildman–Crippen LogP) is 1.85. The van der Waals surface area contributed by atoms with Crippen LogP contribution in [0.2, 0.25) is 0 Å². The molecule has 2 aromatic heterocycles. The standard InChI is InChI=1S/C12H6N5/c1-2-4-8-7(3-1)13-9-5-11-12(16-17-15-11)6-10(9)14-8/h1-5H,(H,15,16,17). The molecular formula is C12H6N5. The van der Waals surface area contributed by atoms with E-state index in [2.05, 4.69) is 31.4 Å². The molecule has 0 aliphatic rings. The van der Waals surface area contributed by atoms with E-state index in [0.29, 0.717) is 11.0 Å². The normalized spacial score (nSPS) is 11.5. The molecule has 0 aliphatic carbocycles. The molecule has 79 valence electrons. The maximum atomic E-state index is 4.54. The number of aromatic nitrogens is 5. The highest BCUT2D eigenvalue weighted by molar-refractivity contribution is 5.93. The number of H-pyrrole nitrogens is 1. The molecule has 4 rings (SSSR count). The summed E-state index contributed by atoms with van der Waals surface area (Å²) < 4.78 is 0. The van der Waals surface area contributed by atoms with Gasteiger partial charge in [0.05, 0.1) is 27.6 Å². The molecule has 0 unspecified atom stereocenters. The maximum Gasteiger partial charge on any atom is 0.123 e. The third kappa shape index (κ3) is 1.19. The van der Waals surface area contributed by atoms with Gasteiger partial charge >= 0.3 is 0 Å². The maximum absolute atomic E-state index is 4.54. The quantitative estimate of drug-likeness (QED) is 0.459. The number of benzene rings is 2. The van der Waals surface area contributed by atoms with Crippen LogP contribution < -0.4 is 0 Å². The van der Waals surface area contributed by atoms with Crippen molar-refractivity contribution in [3.05, 3.63) is 36.4 Å². The first-order valence-electron chi connectivity index (χ1n) is 5.20. The van der Waals surface area contributed by atoms with Crippen LogP contribution in [0.25, 0.3) is 33.1 Å². The minimum Gasteiger partial charge on any atom is -0.257 e. The third-order valence-corrected chi connectivity index (χ3v) is 2.69. The van der Waals surface area contributed by atoms with Crippen molar-refractivity contribution in [1.29, 1.82) is 0 Å². The second-order valence-corrected chi connectivity index (χ2v) is 3.79. The lowest BCUT2D eigenvalue weighted by molar-refractivity contribution is 0.959. The molecule has 0 aliphatic heterocycles. The lowest BCUT2D eigenvalue weighted by Crippen LogP contribution is -1.87. The average Bonchev–Trinajstić information content (AvgIpc) is 2.80. The highest BCUT2D eigenvalue weighted by Crippen LogP contribution is 2.19. The molecule has 0 saturated heterocycles. The summed E-state index contributed by atoms with van der Waals surface area (Å²) in [6.45, 7) is 0. The molecule has 1 radical (unpaired) electrons. The van der Waals surface area contributed by atoms with E-state index in [1.807, 2.05) is 30.3 Å². The van der Waals surface area contributed by atoms with Crippen molar-refractivity contribution in [2.75, 3.05) is 0 Å². The van der Waals surface area contributed by atoms with E-state index < -0.39 is 0 Å². The summed E-state index contributed by atoms with van der Waals surface area (Å²) >= 11 is 0. The van der Waals surface area contributed by atoms with Gasteiger partial charge < -0.3 is 0 Å². The molecule has 2 aromatic carbocycles. The summed E-state index contributed by atoms with van der Waals surface area (Å²) in [6.07, 6.45) is 0. The SMILES string of the molecule is [c]1c2nc3ccccc3nc2cc2[nH]nnc12. The number of aromatic amines is 1. The number of hydrogen-bond acceptors (Lipinski definition) is 4. The Morgan fingerprint density at radius 2 is 1.76 bits per heavy atom. The first-order valence-corrected chi connectivity index (χ1v) is 5.20. The lowest BCUT2D eigenvalue weighted by atomic mass is 10.2. The summed E-state index contributed by atoms with van der Waals surface area (Å²) in [4.78, 5) is 9.05. The smallest absolute Gasteiger partial charge is 0.123 e. The van der Waals surface area contributed by atoms with Crippen LogP contribution in [0.5, 0.6) is 0 Å². The van der Waals surface area contributed by atoms with Gasteiger partial charge in [0.1, 0.15) is 5.52 Å². The molecule has 0 amide bonds. The van der Waals surface area contributed by atoms with Gasteiger partial charge in [0.15, 0.2) is 0 Å². The van der Waals surface area contributed by atoms with Crippen LogP contribution in [-0.2, 0) is 0 Å². The summed E-state index contributed by atoms with van der Waals surface area (Å²) in [6, 6.07) is 12.8. The van der Waals surface area contributed by atoms with Gasteiger partial charge in [-0.1, -0.05) is 17.3 Å². The summed E-state index contributed by atoms with van der Waals surface area (Å²) in [5.41, 5.74) is 4.75. The van der Waals surface area contributed by atoms with E-state index in [4.69, 9.17) is 0 Å². The van der Waals surface area contributed by atoms with E-state index in [1.54, 1.807) is 0 Å². The molecule has 2 heterocycles. The van der Waals surface area contributed by atoms with Gasteiger partial charge in [0.2, 0.25) is 0 Å². The molecule has 0 spiro atoms. The second kappa shape index (κ2) is 2.98. The first kappa shape index (κ1) is 8.58. The van der Waals surface area contributed by atoms with Crippen LogP contribution in [0.4, 0.5) is 0 Å². The molecule has 17 heavy (non-hydrogen) atoms. The van der Waals surface area contributed by atoms with Crippen LogP contribution in [0, 0.1) is 6.07 Å². The lowest BCUT2D eigenvalue weighted by Gasteiger charge is -1.99. The Kier molecular flexibility index (Phi) is 1.50. The molecule has 0 saturated carbocycles. The Labute approximate surface area is 95.5 Å². The van der Waals surface area contributed by atoms with Gasteiger partial charge in [0.25, 0.3) is 0 Å². The molecule has 5 nitrogen and oxygen atoms in total. The molecular weight excluding hydrogens is 214 g/mol. The van der Waals surface area contributed by atoms with Crippen molar-refractivity contribution in [1.82, 2.24) is 25.4 Å². The first-order chi connectivity index (χ1) is 8.40. The minimum atomic E-state index is 0.682.